The maximum absolute atomic E-state index is 4.93. The molecule has 0 saturated carbocycles. The molecular weight excluding hydrogens is 659 g/mol. The van der Waals surface area contributed by atoms with E-state index in [1.165, 1.54) is 84.9 Å². The van der Waals surface area contributed by atoms with Gasteiger partial charge in [-0.1, -0.05) is 119 Å². The van der Waals surface area contributed by atoms with Gasteiger partial charge < -0.3 is 0 Å². The Morgan fingerprint density at radius 3 is 2.16 bits per heavy atom. The minimum absolute atomic E-state index is 0.548. The van der Waals surface area contributed by atoms with Gasteiger partial charge >= 0.3 is 37.9 Å². The molecular formula is C39H42Cl2SiZr. The Bertz CT molecular complexity index is 1560. The Balaban J connectivity index is 0.000000217. The van der Waals surface area contributed by atoms with Crippen LogP contribution in [0.3, 0.4) is 0 Å². The molecule has 43 heavy (non-hydrogen) atoms. The summed E-state index contributed by atoms with van der Waals surface area (Å²) in [4.78, 5) is 0. The van der Waals surface area contributed by atoms with E-state index in [-0.39, 0.29) is 0 Å². The molecule has 0 N–H and O–H groups in total. The minimum atomic E-state index is -0.826. The van der Waals surface area contributed by atoms with Crippen molar-refractivity contribution >= 4 is 47.7 Å². The predicted octanol–water partition coefficient (Wildman–Crippen LogP) is 10.9. The normalized spacial score (nSPS) is 11.4. The van der Waals surface area contributed by atoms with Gasteiger partial charge in [-0.2, -0.15) is 35.5 Å². The van der Waals surface area contributed by atoms with E-state index in [4.69, 9.17) is 17.0 Å². The quantitative estimate of drug-likeness (QED) is 0.115. The summed E-state index contributed by atoms with van der Waals surface area (Å²) in [5.41, 5.74) is 11.5. The molecule has 4 heteroatoms. The topological polar surface area (TPSA) is 0 Å². The molecule has 0 unspecified atom stereocenters. The van der Waals surface area contributed by atoms with E-state index in [2.05, 4.69) is 126 Å². The Labute approximate surface area is 281 Å². The summed E-state index contributed by atoms with van der Waals surface area (Å²) in [6, 6.07) is 35.0. The molecule has 0 bridgehead atoms. The van der Waals surface area contributed by atoms with Gasteiger partial charge in [0.25, 0.3) is 0 Å². The average Bonchev–Trinajstić information content (AvgIpc) is 3.61. The van der Waals surface area contributed by atoms with Gasteiger partial charge in [0.05, 0.1) is 9.52 Å². The van der Waals surface area contributed by atoms with Crippen LogP contribution in [-0.2, 0) is 33.7 Å². The molecule has 0 fully saturated rings. The average molecular weight is 701 g/mol. The van der Waals surface area contributed by atoms with Crippen LogP contribution in [0.15, 0.2) is 84.9 Å². The van der Waals surface area contributed by atoms with Crippen molar-refractivity contribution in [1.82, 2.24) is 0 Å². The summed E-state index contributed by atoms with van der Waals surface area (Å²) in [6.07, 6.45) is 4.79. The Hall–Kier alpha value is -1.83. The summed E-state index contributed by atoms with van der Waals surface area (Å²) < 4.78 is 0. The molecule has 0 aromatic heterocycles. The number of rotatable bonds is 7. The minimum Gasteiger partial charge on any atom is -0.184 e. The molecule has 2 radical (unpaired) electrons. The third-order valence-electron chi connectivity index (χ3n) is 8.17. The Morgan fingerprint density at radius 1 is 0.837 bits per heavy atom. The molecule has 220 valence electrons. The predicted molar refractivity (Wildman–Crippen MR) is 189 cm³/mol. The first-order chi connectivity index (χ1) is 20.8. The van der Waals surface area contributed by atoms with Crippen molar-refractivity contribution < 1.29 is 20.8 Å². The van der Waals surface area contributed by atoms with E-state index in [1.54, 1.807) is 0 Å². The zero-order valence-electron chi connectivity index (χ0n) is 26.3. The van der Waals surface area contributed by atoms with Gasteiger partial charge in [-0.15, -0.1) is 40.1 Å². The van der Waals surface area contributed by atoms with Crippen molar-refractivity contribution in [2.24, 2.45) is 0 Å². The summed E-state index contributed by atoms with van der Waals surface area (Å²) in [5.74, 6) is 1.10. The van der Waals surface area contributed by atoms with Crippen LogP contribution < -0.4 is 10.4 Å². The maximum Gasteiger partial charge on any atom is 0.0920 e. The van der Waals surface area contributed by atoms with Crippen molar-refractivity contribution in [3.8, 4) is 22.3 Å². The van der Waals surface area contributed by atoms with Crippen molar-refractivity contribution in [2.75, 3.05) is 0 Å². The van der Waals surface area contributed by atoms with Gasteiger partial charge in [0.1, 0.15) is 0 Å². The number of halogens is 2. The van der Waals surface area contributed by atoms with Crippen molar-refractivity contribution in [3.05, 3.63) is 113 Å². The van der Waals surface area contributed by atoms with Gasteiger partial charge in [-0.05, 0) is 41.4 Å². The first-order valence-corrected chi connectivity index (χ1v) is 22.8. The number of unbranched alkanes of at least 4 members (excludes halogenated alkanes) is 1. The zero-order chi connectivity index (χ0) is 30.9. The molecule has 6 rings (SSSR count). The van der Waals surface area contributed by atoms with E-state index < -0.39 is 20.8 Å². The van der Waals surface area contributed by atoms with Crippen LogP contribution in [0, 0.1) is 6.07 Å². The van der Waals surface area contributed by atoms with Crippen LogP contribution in [0.25, 0.3) is 33.0 Å². The monoisotopic (exact) mass is 698 g/mol. The van der Waals surface area contributed by atoms with E-state index in [0.29, 0.717) is 11.8 Å². The molecule has 1 aliphatic heterocycles. The summed E-state index contributed by atoms with van der Waals surface area (Å²) in [5, 5.41) is 5.66. The van der Waals surface area contributed by atoms with Crippen LogP contribution in [0.4, 0.5) is 0 Å². The summed E-state index contributed by atoms with van der Waals surface area (Å²) >= 11 is -0.826. The molecule has 5 aromatic carbocycles. The van der Waals surface area contributed by atoms with Gasteiger partial charge in [0.15, 0.2) is 0 Å². The standard InChI is InChI=1S/C27H35.C12H7Si.2ClH.Zr/c1-7-9-10-20-13-22-12-11-21(8-2)27(26(22)14-20)25-16-23(18(3)4)15-24(17-25)19(5)6;1-3-7-11-9(5-1)10-6-2-4-8-12(10)13-11;;;/h11-19H,7-10H2,1-6H3;1-7H;2*1H;/q2*-1;;;+4/p-2. The Kier molecular flexibility index (Phi) is 13.0. The smallest absolute Gasteiger partial charge is 0.0920 e. The summed E-state index contributed by atoms with van der Waals surface area (Å²) in [7, 11) is 10.7. The van der Waals surface area contributed by atoms with Gasteiger partial charge in [0, 0.05) is 0 Å². The zero-order valence-corrected chi connectivity index (χ0v) is 31.3. The number of hydrogen-bond donors (Lipinski definition) is 0. The molecule has 0 amide bonds. The van der Waals surface area contributed by atoms with Crippen molar-refractivity contribution in [3.63, 3.8) is 0 Å². The first kappa shape index (κ1) is 34.1. The van der Waals surface area contributed by atoms with Gasteiger partial charge in [-0.25, -0.2) is 0 Å². The fourth-order valence-electron chi connectivity index (χ4n) is 5.76. The molecule has 0 nitrogen and oxygen atoms in total. The van der Waals surface area contributed by atoms with Gasteiger partial charge in [-0.3, -0.25) is 0 Å². The number of aryl methyl sites for hydroxylation is 2. The van der Waals surface area contributed by atoms with Crippen LogP contribution in [0.1, 0.15) is 88.5 Å². The SMILES string of the molecule is CCCCc1cc2c(-c3cc(C(C)C)cc(C(C)C)c3)c(CC)ccc2[cH-]1.[Cl][Zr+2][Cl].[c-]1cccc2c1[Si]c1ccccc1-2. The second-order valence-corrected chi connectivity index (χ2v) is 16.8. The van der Waals surface area contributed by atoms with Crippen LogP contribution in [0.2, 0.25) is 0 Å². The number of fused-ring (bicyclic) bond motifs is 4. The fraction of sp³-hybridized carbons (Fsp3) is 0.308. The van der Waals surface area contributed by atoms with Crippen LogP contribution in [0.5, 0.6) is 0 Å². The van der Waals surface area contributed by atoms with Crippen molar-refractivity contribution in [2.45, 2.75) is 79.1 Å². The molecule has 0 spiro atoms. The van der Waals surface area contributed by atoms with Crippen LogP contribution >= 0.6 is 17.0 Å². The van der Waals surface area contributed by atoms with E-state index in [9.17, 15) is 0 Å². The van der Waals surface area contributed by atoms with E-state index in [0.717, 1.165) is 15.9 Å². The third-order valence-corrected chi connectivity index (χ3v) is 9.54. The molecule has 1 heterocycles. The molecule has 1 aliphatic rings. The molecule has 0 saturated heterocycles. The van der Waals surface area contributed by atoms with E-state index >= 15 is 0 Å². The summed E-state index contributed by atoms with van der Waals surface area (Å²) in [6.45, 7) is 13.8. The second kappa shape index (κ2) is 16.5. The number of hydrogen-bond acceptors (Lipinski definition) is 0. The Morgan fingerprint density at radius 2 is 1.51 bits per heavy atom. The van der Waals surface area contributed by atoms with Gasteiger partial charge in [0.2, 0.25) is 0 Å². The maximum atomic E-state index is 4.93. The van der Waals surface area contributed by atoms with Crippen LogP contribution in [-0.4, -0.2) is 9.52 Å². The second-order valence-electron chi connectivity index (χ2n) is 11.8. The van der Waals surface area contributed by atoms with Crippen molar-refractivity contribution in [1.29, 1.82) is 0 Å². The fourth-order valence-corrected chi connectivity index (χ4v) is 7.07. The molecule has 5 aromatic rings. The molecule has 0 aliphatic carbocycles. The first-order valence-electron chi connectivity index (χ1n) is 15.5. The molecule has 0 atom stereocenters. The van der Waals surface area contributed by atoms with E-state index in [1.807, 2.05) is 6.07 Å². The largest absolute Gasteiger partial charge is 0.184 e. The third kappa shape index (κ3) is 8.46. The number of benzene rings is 4.